The Hall–Kier alpha value is -2.87. The van der Waals surface area contributed by atoms with Gasteiger partial charge in [-0.15, -0.1) is 0 Å². The molecule has 0 unspecified atom stereocenters. The number of hydrogen-bond donors (Lipinski definition) is 2. The number of carbonyl (C=O) groups is 2. The molecule has 2 heterocycles. The number of nitrogens with one attached hydrogen (secondary N) is 1. The quantitative estimate of drug-likeness (QED) is 0.679. The molecule has 3 rings (SSSR count). The van der Waals surface area contributed by atoms with Crippen LogP contribution in [0.5, 0.6) is 5.75 Å². The van der Waals surface area contributed by atoms with E-state index in [-0.39, 0.29) is 18.3 Å². The van der Waals surface area contributed by atoms with Gasteiger partial charge < -0.3 is 24.3 Å². The van der Waals surface area contributed by atoms with Crippen LogP contribution in [0.2, 0.25) is 0 Å². The van der Waals surface area contributed by atoms with Crippen molar-refractivity contribution in [3.05, 3.63) is 47.7 Å². The summed E-state index contributed by atoms with van der Waals surface area (Å²) in [6, 6.07) is 7.27. The Morgan fingerprint density at radius 1 is 1.36 bits per heavy atom. The van der Waals surface area contributed by atoms with Crippen molar-refractivity contribution in [3.8, 4) is 5.75 Å². The zero-order chi connectivity index (χ0) is 19.9. The van der Waals surface area contributed by atoms with Gasteiger partial charge in [0.2, 0.25) is 0 Å². The molecule has 1 aromatic carbocycles. The van der Waals surface area contributed by atoms with E-state index in [0.717, 1.165) is 24.2 Å². The summed E-state index contributed by atoms with van der Waals surface area (Å²) in [5, 5.41) is 12.2. The first-order valence-electron chi connectivity index (χ1n) is 9.36. The molecule has 1 saturated heterocycles. The first kappa shape index (κ1) is 19.9. The van der Waals surface area contributed by atoms with E-state index >= 15 is 0 Å². The van der Waals surface area contributed by atoms with Gasteiger partial charge in [0.25, 0.3) is 5.91 Å². The number of ether oxygens (including phenoxy) is 2. The second-order valence-electron chi connectivity index (χ2n) is 6.59. The minimum atomic E-state index is -0.978. The molecule has 0 aliphatic carbocycles. The number of benzene rings is 1. The lowest BCUT2D eigenvalue weighted by atomic mass is 9.99. The van der Waals surface area contributed by atoms with Gasteiger partial charge >= 0.3 is 5.97 Å². The lowest BCUT2D eigenvalue weighted by Gasteiger charge is -2.14. The molecule has 28 heavy (non-hydrogen) atoms. The van der Waals surface area contributed by atoms with E-state index in [1.165, 1.54) is 6.39 Å². The number of carboxylic acid groups (broad SMARTS) is 1. The Labute approximate surface area is 162 Å². The maximum atomic E-state index is 12.5. The van der Waals surface area contributed by atoms with Gasteiger partial charge in [0.05, 0.1) is 12.5 Å². The van der Waals surface area contributed by atoms with Crippen LogP contribution in [0.1, 0.15) is 47.7 Å². The van der Waals surface area contributed by atoms with Crippen molar-refractivity contribution in [2.24, 2.45) is 5.92 Å². The molecule has 0 saturated carbocycles. The smallest absolute Gasteiger partial charge is 0.308 e. The summed E-state index contributed by atoms with van der Waals surface area (Å²) >= 11 is 0. The van der Waals surface area contributed by atoms with Crippen LogP contribution in [-0.2, 0) is 16.0 Å². The van der Waals surface area contributed by atoms with Crippen molar-refractivity contribution in [1.29, 1.82) is 0 Å². The summed E-state index contributed by atoms with van der Waals surface area (Å²) < 4.78 is 16.3. The fraction of sp³-hybridized carbons (Fsp3) is 0.450. The van der Waals surface area contributed by atoms with Gasteiger partial charge in [-0.3, -0.25) is 9.59 Å². The number of carboxylic acids is 1. The molecule has 0 spiro atoms. The summed E-state index contributed by atoms with van der Waals surface area (Å²) in [6.45, 7) is 3.07. The van der Waals surface area contributed by atoms with E-state index in [1.54, 1.807) is 12.1 Å². The monoisotopic (exact) mass is 388 g/mol. The molecule has 150 valence electrons. The maximum Gasteiger partial charge on any atom is 0.308 e. The third-order valence-electron chi connectivity index (χ3n) is 4.61. The van der Waals surface area contributed by atoms with Crippen molar-refractivity contribution in [3.63, 3.8) is 0 Å². The Morgan fingerprint density at radius 3 is 2.79 bits per heavy atom. The molecule has 1 aliphatic heterocycles. The summed E-state index contributed by atoms with van der Waals surface area (Å²) in [5.74, 6) is -1.07. The molecule has 1 fully saturated rings. The van der Waals surface area contributed by atoms with Crippen LogP contribution in [0.15, 0.2) is 35.1 Å². The average molecular weight is 388 g/mol. The fourth-order valence-electron chi connectivity index (χ4n) is 3.16. The molecule has 8 nitrogen and oxygen atoms in total. The van der Waals surface area contributed by atoms with Crippen molar-refractivity contribution in [1.82, 2.24) is 10.3 Å². The van der Waals surface area contributed by atoms with Crippen LogP contribution < -0.4 is 10.1 Å². The summed E-state index contributed by atoms with van der Waals surface area (Å²) in [5.41, 5.74) is 1.00. The van der Waals surface area contributed by atoms with E-state index in [4.69, 9.17) is 13.9 Å². The van der Waals surface area contributed by atoms with Crippen molar-refractivity contribution in [2.45, 2.75) is 32.3 Å². The number of nitrogens with zero attached hydrogens (tertiary/aromatic N) is 1. The van der Waals surface area contributed by atoms with Crippen LogP contribution >= 0.6 is 0 Å². The maximum absolute atomic E-state index is 12.5. The lowest BCUT2D eigenvalue weighted by molar-refractivity contribution is -0.141. The zero-order valence-electron chi connectivity index (χ0n) is 15.7. The standard InChI is InChI=1S/C20H24N2O6/c1-2-26-15-7-5-13(6-8-15)10-14(20(24)25)11-21-19(23)17-18(28-12-22-17)16-4-3-9-27-16/h5-8,12,14,16H,2-4,9-11H2,1H3,(H,21,23)(H,24,25)/t14-,16-/m1/s1. The molecular weight excluding hydrogens is 364 g/mol. The number of aromatic nitrogens is 1. The second-order valence-corrected chi connectivity index (χ2v) is 6.59. The van der Waals surface area contributed by atoms with Crippen LogP contribution in [0.25, 0.3) is 0 Å². The third kappa shape index (κ3) is 4.89. The Kier molecular flexibility index (Phi) is 6.65. The highest BCUT2D eigenvalue weighted by Gasteiger charge is 2.28. The molecule has 2 atom stereocenters. The highest BCUT2D eigenvalue weighted by molar-refractivity contribution is 5.93. The zero-order valence-corrected chi connectivity index (χ0v) is 15.7. The van der Waals surface area contributed by atoms with Gasteiger partial charge in [-0.05, 0) is 43.9 Å². The molecule has 1 aromatic heterocycles. The molecule has 8 heteroatoms. The van der Waals surface area contributed by atoms with Gasteiger partial charge in [-0.1, -0.05) is 12.1 Å². The van der Waals surface area contributed by atoms with E-state index in [9.17, 15) is 14.7 Å². The molecular formula is C20H24N2O6. The van der Waals surface area contributed by atoms with Gasteiger partial charge in [0.15, 0.2) is 17.8 Å². The number of rotatable bonds is 9. The SMILES string of the molecule is CCOc1ccc(C[C@H](CNC(=O)c2ncoc2[C@H]2CCCO2)C(=O)O)cc1. The molecule has 1 amide bonds. The number of hydrogen-bond acceptors (Lipinski definition) is 6. The number of carbonyl (C=O) groups excluding carboxylic acids is 1. The Morgan fingerprint density at radius 2 is 2.14 bits per heavy atom. The molecule has 0 radical (unpaired) electrons. The molecule has 2 N–H and O–H groups in total. The van der Waals surface area contributed by atoms with Crippen molar-refractivity contribution < 1.29 is 28.6 Å². The van der Waals surface area contributed by atoms with E-state index < -0.39 is 17.8 Å². The van der Waals surface area contributed by atoms with Crippen LogP contribution in [0, 0.1) is 5.92 Å². The van der Waals surface area contributed by atoms with E-state index in [0.29, 0.717) is 25.4 Å². The number of aliphatic carboxylic acids is 1. The third-order valence-corrected chi connectivity index (χ3v) is 4.61. The number of amides is 1. The summed E-state index contributed by atoms with van der Waals surface area (Å²) in [7, 11) is 0. The van der Waals surface area contributed by atoms with Gasteiger partial charge in [0.1, 0.15) is 11.9 Å². The molecule has 2 aromatic rings. The van der Waals surface area contributed by atoms with Crippen LogP contribution in [0.4, 0.5) is 0 Å². The predicted molar refractivity (Wildman–Crippen MR) is 99.2 cm³/mol. The fourth-order valence-corrected chi connectivity index (χ4v) is 3.16. The lowest BCUT2D eigenvalue weighted by Crippen LogP contribution is -2.34. The second kappa shape index (κ2) is 9.36. The minimum Gasteiger partial charge on any atom is -0.494 e. The van der Waals surface area contributed by atoms with Gasteiger partial charge in [0, 0.05) is 13.2 Å². The predicted octanol–water partition coefficient (Wildman–Crippen LogP) is 2.60. The van der Waals surface area contributed by atoms with E-state index in [1.807, 2.05) is 19.1 Å². The molecule has 0 bridgehead atoms. The van der Waals surface area contributed by atoms with Crippen LogP contribution in [0.3, 0.4) is 0 Å². The van der Waals surface area contributed by atoms with Gasteiger partial charge in [-0.25, -0.2) is 4.98 Å². The highest BCUT2D eigenvalue weighted by atomic mass is 16.5. The average Bonchev–Trinajstić information content (AvgIpc) is 3.37. The normalized spacial score (nSPS) is 17.2. The first-order valence-corrected chi connectivity index (χ1v) is 9.36. The Bertz CT molecular complexity index is 795. The van der Waals surface area contributed by atoms with Gasteiger partial charge in [-0.2, -0.15) is 0 Å². The summed E-state index contributed by atoms with van der Waals surface area (Å²) in [4.78, 5) is 28.1. The van der Waals surface area contributed by atoms with E-state index in [2.05, 4.69) is 10.3 Å². The largest absolute Gasteiger partial charge is 0.494 e. The topological polar surface area (TPSA) is 111 Å². The molecule has 1 aliphatic rings. The van der Waals surface area contributed by atoms with Crippen molar-refractivity contribution in [2.75, 3.05) is 19.8 Å². The minimum absolute atomic E-state index is 0.0147. The number of oxazole rings is 1. The first-order chi connectivity index (χ1) is 13.6. The summed E-state index contributed by atoms with van der Waals surface area (Å²) in [6.07, 6.45) is 2.89. The van der Waals surface area contributed by atoms with Crippen molar-refractivity contribution >= 4 is 11.9 Å². The highest BCUT2D eigenvalue weighted by Crippen LogP contribution is 2.30. The Balaban J connectivity index is 1.60. The van der Waals surface area contributed by atoms with Crippen LogP contribution in [-0.4, -0.2) is 41.7 Å².